The molecule has 0 atom stereocenters. The van der Waals surface area contributed by atoms with Crippen LogP contribution in [0.25, 0.3) is 16.9 Å². The van der Waals surface area contributed by atoms with E-state index in [0.29, 0.717) is 45.5 Å². The highest BCUT2D eigenvalue weighted by Gasteiger charge is 2.20. The van der Waals surface area contributed by atoms with E-state index in [9.17, 15) is 9.18 Å². The number of rotatable bonds is 6. The normalized spacial score (nSPS) is 10.7. The Bertz CT molecular complexity index is 1230. The molecule has 8 heteroatoms. The largest absolute Gasteiger partial charge is 0.493 e. The number of ether oxygens (including phenoxy) is 3. The van der Waals surface area contributed by atoms with Gasteiger partial charge >= 0.3 is 0 Å². The quantitative estimate of drug-likeness (QED) is 0.499. The molecule has 7 nitrogen and oxygen atoms in total. The van der Waals surface area contributed by atoms with Crippen LogP contribution >= 0.6 is 0 Å². The zero-order valence-electron chi connectivity index (χ0n) is 17.2. The van der Waals surface area contributed by atoms with Gasteiger partial charge in [0.15, 0.2) is 11.5 Å². The van der Waals surface area contributed by atoms with Gasteiger partial charge in [0.25, 0.3) is 5.91 Å². The van der Waals surface area contributed by atoms with Gasteiger partial charge in [-0.2, -0.15) is 0 Å². The summed E-state index contributed by atoms with van der Waals surface area (Å²) < 4.78 is 31.2. The monoisotopic (exact) mass is 421 g/mol. The number of hydrogen-bond acceptors (Lipinski definition) is 5. The Kier molecular flexibility index (Phi) is 5.44. The van der Waals surface area contributed by atoms with Crippen LogP contribution in [0.1, 0.15) is 10.4 Å². The van der Waals surface area contributed by atoms with Gasteiger partial charge in [-0.05, 0) is 48.5 Å². The van der Waals surface area contributed by atoms with Gasteiger partial charge in [0.05, 0.1) is 21.3 Å². The Morgan fingerprint density at radius 3 is 2.26 bits per heavy atom. The van der Waals surface area contributed by atoms with E-state index in [-0.39, 0.29) is 5.82 Å². The molecule has 4 aromatic rings. The zero-order valence-corrected chi connectivity index (χ0v) is 17.2. The second-order valence-corrected chi connectivity index (χ2v) is 6.61. The van der Waals surface area contributed by atoms with E-state index in [4.69, 9.17) is 14.2 Å². The van der Waals surface area contributed by atoms with Crippen LogP contribution in [0.2, 0.25) is 0 Å². The van der Waals surface area contributed by atoms with Gasteiger partial charge in [0, 0.05) is 17.3 Å². The van der Waals surface area contributed by atoms with Crippen LogP contribution in [-0.2, 0) is 0 Å². The maximum absolute atomic E-state index is 13.4. The molecule has 0 bridgehead atoms. The van der Waals surface area contributed by atoms with Crippen LogP contribution in [0.15, 0.2) is 60.8 Å². The van der Waals surface area contributed by atoms with E-state index in [1.54, 1.807) is 34.9 Å². The van der Waals surface area contributed by atoms with Crippen molar-refractivity contribution in [1.82, 2.24) is 9.38 Å². The Labute approximate surface area is 178 Å². The number of fused-ring (bicyclic) bond motifs is 1. The highest BCUT2D eigenvalue weighted by atomic mass is 19.1. The maximum atomic E-state index is 13.4. The van der Waals surface area contributed by atoms with Crippen molar-refractivity contribution >= 4 is 17.4 Å². The molecule has 0 fully saturated rings. The number of carbonyl (C=O) groups excluding carboxylic acids is 1. The van der Waals surface area contributed by atoms with E-state index >= 15 is 0 Å². The first kappa shape index (κ1) is 20.2. The lowest BCUT2D eigenvalue weighted by molar-refractivity contribution is 0.102. The fourth-order valence-corrected chi connectivity index (χ4v) is 3.32. The minimum atomic E-state index is -0.395. The third-order valence-electron chi connectivity index (χ3n) is 4.81. The molecule has 4 rings (SSSR count). The lowest BCUT2D eigenvalue weighted by Crippen LogP contribution is -2.14. The smallest absolute Gasteiger partial charge is 0.257 e. The Hall–Kier alpha value is -4.07. The van der Waals surface area contributed by atoms with Crippen molar-refractivity contribution in [2.24, 2.45) is 0 Å². The molecule has 2 heterocycles. The molecule has 0 aliphatic carbocycles. The summed E-state index contributed by atoms with van der Waals surface area (Å²) in [5.41, 5.74) is 2.14. The van der Waals surface area contributed by atoms with Crippen LogP contribution in [0.4, 0.5) is 10.2 Å². The molecule has 31 heavy (non-hydrogen) atoms. The van der Waals surface area contributed by atoms with E-state index in [0.717, 1.165) is 0 Å². The lowest BCUT2D eigenvalue weighted by Gasteiger charge is -2.14. The standard InChI is InChI=1S/C23H20FN3O4/c1-29-17-12-15(13-18(30-2)21(17)31-3)23(28)26-22-20(14-7-9-16(24)10-8-14)25-19-6-4-5-11-27(19)22/h4-13H,1-3H3,(H,26,28). The minimum Gasteiger partial charge on any atom is -0.493 e. The topological polar surface area (TPSA) is 74.1 Å². The number of hydrogen-bond donors (Lipinski definition) is 1. The number of nitrogens with zero attached hydrogens (tertiary/aromatic N) is 2. The molecular formula is C23H20FN3O4. The number of methoxy groups -OCH3 is 3. The van der Waals surface area contributed by atoms with Gasteiger partial charge in [-0.25, -0.2) is 9.37 Å². The average Bonchev–Trinajstić information content (AvgIpc) is 3.16. The zero-order chi connectivity index (χ0) is 22.0. The van der Waals surface area contributed by atoms with Crippen molar-refractivity contribution in [3.63, 3.8) is 0 Å². The van der Waals surface area contributed by atoms with E-state index in [1.807, 2.05) is 18.2 Å². The van der Waals surface area contributed by atoms with Gasteiger partial charge in [-0.1, -0.05) is 6.07 Å². The lowest BCUT2D eigenvalue weighted by atomic mass is 10.1. The van der Waals surface area contributed by atoms with Gasteiger partial charge in [-0.3, -0.25) is 9.20 Å². The third kappa shape index (κ3) is 3.75. The van der Waals surface area contributed by atoms with Crippen molar-refractivity contribution in [1.29, 1.82) is 0 Å². The predicted molar refractivity (Wildman–Crippen MR) is 115 cm³/mol. The predicted octanol–water partition coefficient (Wildman–Crippen LogP) is 4.42. The Morgan fingerprint density at radius 2 is 1.65 bits per heavy atom. The number of nitrogens with one attached hydrogen (secondary N) is 1. The first-order valence-electron chi connectivity index (χ1n) is 9.40. The van der Waals surface area contributed by atoms with E-state index < -0.39 is 5.91 Å². The number of halogens is 1. The molecule has 0 aliphatic heterocycles. The molecule has 0 radical (unpaired) electrons. The fourth-order valence-electron chi connectivity index (χ4n) is 3.32. The van der Waals surface area contributed by atoms with Crippen molar-refractivity contribution in [3.05, 3.63) is 72.2 Å². The molecule has 0 spiro atoms. The summed E-state index contributed by atoms with van der Waals surface area (Å²) in [5, 5.41) is 2.92. The summed E-state index contributed by atoms with van der Waals surface area (Å²) in [5.74, 6) is 0.834. The van der Waals surface area contributed by atoms with Crippen LogP contribution in [0.5, 0.6) is 17.2 Å². The fraction of sp³-hybridized carbons (Fsp3) is 0.130. The van der Waals surface area contributed by atoms with Gasteiger partial charge in [0.1, 0.15) is 23.0 Å². The summed E-state index contributed by atoms with van der Waals surface area (Å²) in [6.45, 7) is 0. The van der Waals surface area contributed by atoms with Crippen molar-refractivity contribution in [3.8, 4) is 28.5 Å². The second kappa shape index (κ2) is 8.35. The summed E-state index contributed by atoms with van der Waals surface area (Å²) in [6, 6.07) is 14.6. The first-order valence-corrected chi connectivity index (χ1v) is 9.40. The molecular weight excluding hydrogens is 401 g/mol. The Morgan fingerprint density at radius 1 is 0.968 bits per heavy atom. The van der Waals surface area contributed by atoms with E-state index in [1.165, 1.54) is 33.5 Å². The summed E-state index contributed by atoms with van der Waals surface area (Å²) >= 11 is 0. The number of amides is 1. The summed E-state index contributed by atoms with van der Waals surface area (Å²) in [6.07, 6.45) is 1.79. The number of anilines is 1. The average molecular weight is 421 g/mol. The molecule has 2 aromatic heterocycles. The molecule has 0 aliphatic rings. The SMILES string of the molecule is COc1cc(C(=O)Nc2c(-c3ccc(F)cc3)nc3ccccn23)cc(OC)c1OC. The third-order valence-corrected chi connectivity index (χ3v) is 4.81. The van der Waals surface area contributed by atoms with Crippen LogP contribution in [0, 0.1) is 5.82 Å². The number of carbonyl (C=O) groups is 1. The minimum absolute atomic E-state index is 0.311. The van der Waals surface area contributed by atoms with Crippen molar-refractivity contribution in [2.75, 3.05) is 26.6 Å². The van der Waals surface area contributed by atoms with Crippen LogP contribution in [0.3, 0.4) is 0 Å². The number of aromatic nitrogens is 2. The highest BCUT2D eigenvalue weighted by Crippen LogP contribution is 2.38. The molecule has 0 saturated heterocycles. The molecule has 0 saturated carbocycles. The summed E-state index contributed by atoms with van der Waals surface area (Å²) in [7, 11) is 4.46. The van der Waals surface area contributed by atoms with Crippen LogP contribution < -0.4 is 19.5 Å². The molecule has 2 aromatic carbocycles. The van der Waals surface area contributed by atoms with Crippen molar-refractivity contribution < 1.29 is 23.4 Å². The first-order chi connectivity index (χ1) is 15.0. The maximum Gasteiger partial charge on any atom is 0.257 e. The number of benzene rings is 2. The molecule has 1 N–H and O–H groups in total. The van der Waals surface area contributed by atoms with E-state index in [2.05, 4.69) is 10.3 Å². The van der Waals surface area contributed by atoms with Crippen molar-refractivity contribution in [2.45, 2.75) is 0 Å². The molecule has 1 amide bonds. The number of imidazole rings is 1. The highest BCUT2D eigenvalue weighted by molar-refractivity contribution is 6.06. The second-order valence-electron chi connectivity index (χ2n) is 6.61. The Balaban J connectivity index is 1.79. The van der Waals surface area contributed by atoms with Crippen LogP contribution in [-0.4, -0.2) is 36.6 Å². The number of pyridine rings is 1. The van der Waals surface area contributed by atoms with Gasteiger partial charge < -0.3 is 19.5 Å². The molecule has 0 unspecified atom stereocenters. The van der Waals surface area contributed by atoms with Gasteiger partial charge in [0.2, 0.25) is 5.75 Å². The van der Waals surface area contributed by atoms with Gasteiger partial charge in [-0.15, -0.1) is 0 Å². The summed E-state index contributed by atoms with van der Waals surface area (Å²) in [4.78, 5) is 17.8. The molecule has 158 valence electrons.